The van der Waals surface area contributed by atoms with E-state index < -0.39 is 29.5 Å². The number of nitriles is 1. The molecule has 28 heavy (non-hydrogen) atoms. The summed E-state index contributed by atoms with van der Waals surface area (Å²) >= 11 is 0. The van der Waals surface area contributed by atoms with E-state index in [9.17, 15) is 28.0 Å². The van der Waals surface area contributed by atoms with Crippen LogP contribution < -0.4 is 5.32 Å². The van der Waals surface area contributed by atoms with Crippen LogP contribution >= 0.6 is 0 Å². The highest BCUT2D eigenvalue weighted by Gasteiger charge is 2.32. The number of Topliss-reactive ketones (excluding diaryl/α,β-unsaturated/α-hetero) is 1. The molecule has 0 spiro atoms. The minimum Gasteiger partial charge on any atom is -0.349 e. The molecular formula is C20H18F3N3O2. The van der Waals surface area contributed by atoms with Crippen LogP contribution in [-0.2, 0) is 15.8 Å². The predicted octanol–water partition coefficient (Wildman–Crippen LogP) is 3.85. The first kappa shape index (κ1) is 21.1. The molecule has 2 rings (SSSR count). The molecule has 2 aromatic rings. The van der Waals surface area contributed by atoms with Crippen molar-refractivity contribution in [3.63, 3.8) is 0 Å². The van der Waals surface area contributed by atoms with Crippen LogP contribution in [0.25, 0.3) is 0 Å². The van der Waals surface area contributed by atoms with Gasteiger partial charge in [0.15, 0.2) is 5.78 Å². The zero-order chi connectivity index (χ0) is 20.9. The molecule has 0 saturated heterocycles. The van der Waals surface area contributed by atoms with Gasteiger partial charge in [0.2, 0.25) is 5.91 Å². The highest BCUT2D eigenvalue weighted by molar-refractivity contribution is 5.89. The third-order valence-corrected chi connectivity index (χ3v) is 4.12. The highest BCUT2D eigenvalue weighted by atomic mass is 19.4. The summed E-state index contributed by atoms with van der Waals surface area (Å²) in [4.78, 5) is 27.8. The van der Waals surface area contributed by atoms with Crippen LogP contribution in [0.15, 0.2) is 42.6 Å². The molecule has 0 radical (unpaired) electrons. The van der Waals surface area contributed by atoms with E-state index >= 15 is 0 Å². The Morgan fingerprint density at radius 1 is 1.18 bits per heavy atom. The van der Waals surface area contributed by atoms with Crippen molar-refractivity contribution in [3.8, 4) is 6.07 Å². The number of ketones is 1. The Morgan fingerprint density at radius 2 is 1.82 bits per heavy atom. The fourth-order valence-electron chi connectivity index (χ4n) is 2.66. The topological polar surface area (TPSA) is 82.9 Å². The average Bonchev–Trinajstić information content (AvgIpc) is 2.62. The van der Waals surface area contributed by atoms with E-state index in [0.29, 0.717) is 11.8 Å². The number of hydrogen-bond donors (Lipinski definition) is 1. The fourth-order valence-corrected chi connectivity index (χ4v) is 2.66. The van der Waals surface area contributed by atoms with Gasteiger partial charge >= 0.3 is 6.18 Å². The Balaban J connectivity index is 2.23. The summed E-state index contributed by atoms with van der Waals surface area (Å²) in [7, 11) is 0. The SMILES string of the molecule is CC(=O)NC(CC(=O)C(C#N)c1ccc(C(F)(F)F)cn1)c1ccc(C)cc1. The summed E-state index contributed by atoms with van der Waals surface area (Å²) in [6.45, 7) is 3.20. The van der Waals surface area contributed by atoms with Crippen LogP contribution in [0.1, 0.15) is 47.7 Å². The van der Waals surface area contributed by atoms with Crippen molar-refractivity contribution in [3.05, 3.63) is 65.0 Å². The van der Waals surface area contributed by atoms with E-state index in [1.807, 2.05) is 19.1 Å². The minimum atomic E-state index is -4.56. The van der Waals surface area contributed by atoms with Gasteiger partial charge in [0, 0.05) is 19.5 Å². The van der Waals surface area contributed by atoms with E-state index in [-0.39, 0.29) is 18.0 Å². The lowest BCUT2D eigenvalue weighted by Crippen LogP contribution is -2.29. The number of nitrogens with zero attached hydrogens (tertiary/aromatic N) is 2. The molecule has 8 heteroatoms. The Bertz CT molecular complexity index is 885. The van der Waals surface area contributed by atoms with Crippen LogP contribution in [0.5, 0.6) is 0 Å². The first-order valence-corrected chi connectivity index (χ1v) is 8.41. The highest BCUT2D eigenvalue weighted by Crippen LogP contribution is 2.30. The number of halogens is 3. The Morgan fingerprint density at radius 3 is 2.29 bits per heavy atom. The first-order chi connectivity index (χ1) is 13.1. The zero-order valence-corrected chi connectivity index (χ0v) is 15.2. The predicted molar refractivity (Wildman–Crippen MR) is 95.0 cm³/mol. The summed E-state index contributed by atoms with van der Waals surface area (Å²) in [6, 6.07) is 10.1. The van der Waals surface area contributed by atoms with Crippen molar-refractivity contribution in [1.29, 1.82) is 5.26 Å². The molecule has 1 amide bonds. The van der Waals surface area contributed by atoms with Crippen molar-refractivity contribution >= 4 is 11.7 Å². The van der Waals surface area contributed by atoms with Gasteiger partial charge in [-0.05, 0) is 24.6 Å². The van der Waals surface area contributed by atoms with Gasteiger partial charge in [-0.3, -0.25) is 14.6 Å². The number of carbonyl (C=O) groups is 2. The molecule has 0 aliphatic heterocycles. The second-order valence-electron chi connectivity index (χ2n) is 6.37. The van der Waals surface area contributed by atoms with Gasteiger partial charge in [-0.1, -0.05) is 29.8 Å². The number of aryl methyl sites for hydroxylation is 1. The molecule has 0 saturated carbocycles. The molecule has 0 aliphatic carbocycles. The summed E-state index contributed by atoms with van der Waals surface area (Å²) in [5.41, 5.74) is 0.661. The number of nitrogens with one attached hydrogen (secondary N) is 1. The molecule has 1 aromatic carbocycles. The van der Waals surface area contributed by atoms with Crippen molar-refractivity contribution in [1.82, 2.24) is 10.3 Å². The van der Waals surface area contributed by atoms with Gasteiger partial charge < -0.3 is 5.32 Å². The van der Waals surface area contributed by atoms with Crippen molar-refractivity contribution < 1.29 is 22.8 Å². The van der Waals surface area contributed by atoms with Crippen LogP contribution in [0.4, 0.5) is 13.2 Å². The second kappa shape index (κ2) is 8.65. The lowest BCUT2D eigenvalue weighted by molar-refractivity contribution is -0.137. The summed E-state index contributed by atoms with van der Waals surface area (Å²) in [5.74, 6) is -2.22. The van der Waals surface area contributed by atoms with Crippen LogP contribution in [0.3, 0.4) is 0 Å². The number of amides is 1. The number of hydrogen-bond acceptors (Lipinski definition) is 4. The zero-order valence-electron chi connectivity index (χ0n) is 15.2. The lowest BCUT2D eigenvalue weighted by Gasteiger charge is -2.19. The Kier molecular flexibility index (Phi) is 6.52. The number of rotatable bonds is 6. The Labute approximate surface area is 160 Å². The van der Waals surface area contributed by atoms with Crippen LogP contribution in [0.2, 0.25) is 0 Å². The van der Waals surface area contributed by atoms with E-state index in [1.54, 1.807) is 18.2 Å². The normalized spacial score (nSPS) is 13.3. The number of aromatic nitrogens is 1. The molecule has 1 N–H and O–H groups in total. The maximum atomic E-state index is 12.7. The van der Waals surface area contributed by atoms with E-state index in [0.717, 1.165) is 17.7 Å². The standard InChI is InChI=1S/C20H18F3N3O2/c1-12-3-5-14(6-4-12)18(26-13(2)27)9-19(28)16(10-24)17-8-7-15(11-25-17)20(21,22)23/h3-8,11,16,18H,9H2,1-2H3,(H,26,27). The summed E-state index contributed by atoms with van der Waals surface area (Å²) in [6.07, 6.45) is -4.15. The molecule has 1 aromatic heterocycles. The summed E-state index contributed by atoms with van der Waals surface area (Å²) < 4.78 is 38.0. The average molecular weight is 389 g/mol. The summed E-state index contributed by atoms with van der Waals surface area (Å²) in [5, 5.41) is 12.0. The number of carbonyl (C=O) groups excluding carboxylic acids is 2. The lowest BCUT2D eigenvalue weighted by atomic mass is 9.92. The van der Waals surface area contributed by atoms with Crippen LogP contribution in [-0.4, -0.2) is 16.7 Å². The van der Waals surface area contributed by atoms with Crippen molar-refractivity contribution in [2.45, 2.75) is 38.4 Å². The third kappa shape index (κ3) is 5.39. The molecule has 0 aliphatic rings. The molecule has 2 unspecified atom stereocenters. The number of benzene rings is 1. The minimum absolute atomic E-state index is 0.0639. The van der Waals surface area contributed by atoms with Crippen LogP contribution in [0, 0.1) is 18.3 Å². The van der Waals surface area contributed by atoms with Gasteiger partial charge in [0.25, 0.3) is 0 Å². The van der Waals surface area contributed by atoms with Gasteiger partial charge in [-0.2, -0.15) is 18.4 Å². The first-order valence-electron chi connectivity index (χ1n) is 8.41. The second-order valence-corrected chi connectivity index (χ2v) is 6.37. The van der Waals surface area contributed by atoms with Crippen molar-refractivity contribution in [2.75, 3.05) is 0 Å². The fraction of sp³-hybridized carbons (Fsp3) is 0.300. The molecule has 0 fully saturated rings. The third-order valence-electron chi connectivity index (χ3n) is 4.12. The Hall–Kier alpha value is -3.21. The smallest absolute Gasteiger partial charge is 0.349 e. The number of alkyl halides is 3. The largest absolute Gasteiger partial charge is 0.417 e. The maximum Gasteiger partial charge on any atom is 0.417 e. The molecule has 5 nitrogen and oxygen atoms in total. The molecule has 146 valence electrons. The van der Waals surface area contributed by atoms with Gasteiger partial charge in [0.05, 0.1) is 23.4 Å². The monoisotopic (exact) mass is 389 g/mol. The molecular weight excluding hydrogens is 371 g/mol. The van der Waals surface area contributed by atoms with Gasteiger partial charge in [-0.15, -0.1) is 0 Å². The quantitative estimate of drug-likeness (QED) is 0.813. The van der Waals surface area contributed by atoms with Gasteiger partial charge in [0.1, 0.15) is 5.92 Å². The van der Waals surface area contributed by atoms with E-state index in [2.05, 4.69) is 10.3 Å². The van der Waals surface area contributed by atoms with Crippen molar-refractivity contribution in [2.24, 2.45) is 0 Å². The maximum absolute atomic E-state index is 12.7. The van der Waals surface area contributed by atoms with E-state index in [4.69, 9.17) is 0 Å². The number of pyridine rings is 1. The molecule has 2 atom stereocenters. The van der Waals surface area contributed by atoms with E-state index in [1.165, 1.54) is 6.92 Å². The van der Waals surface area contributed by atoms with Gasteiger partial charge in [-0.25, -0.2) is 0 Å². The molecule has 1 heterocycles. The molecule has 0 bridgehead atoms.